The Kier molecular flexibility index (Phi) is 6.21. The molecule has 0 fully saturated rings. The number of hydrogen-bond acceptors (Lipinski definition) is 6. The third kappa shape index (κ3) is 5.53. The standard InChI is InChI=1S/C14H19N5O3S2/c1-19(24(2,21)22)12-5-3-11(4-6-12)9-13(20)15-7-8-23-14-16-10-17-18-14/h3-6,10H,7-9H2,1-2H3,(H,15,20)(H,16,17,18). The van der Waals surface area contributed by atoms with Gasteiger partial charge >= 0.3 is 0 Å². The van der Waals surface area contributed by atoms with E-state index in [9.17, 15) is 13.2 Å². The van der Waals surface area contributed by atoms with Crippen molar-refractivity contribution in [2.75, 3.05) is 29.9 Å². The van der Waals surface area contributed by atoms with E-state index in [1.54, 1.807) is 24.3 Å². The topological polar surface area (TPSA) is 108 Å². The molecule has 0 aliphatic carbocycles. The molecule has 2 rings (SSSR count). The second kappa shape index (κ2) is 8.15. The van der Waals surface area contributed by atoms with E-state index in [1.807, 2.05) is 0 Å². The van der Waals surface area contributed by atoms with Crippen LogP contribution in [0.1, 0.15) is 5.56 Å². The number of sulfonamides is 1. The number of nitrogens with one attached hydrogen (secondary N) is 2. The number of benzene rings is 1. The second-order valence-electron chi connectivity index (χ2n) is 5.06. The van der Waals surface area contributed by atoms with E-state index >= 15 is 0 Å². The van der Waals surface area contributed by atoms with Gasteiger partial charge in [0.05, 0.1) is 18.4 Å². The molecule has 8 nitrogen and oxygen atoms in total. The summed E-state index contributed by atoms with van der Waals surface area (Å²) in [6, 6.07) is 6.87. The zero-order valence-electron chi connectivity index (χ0n) is 13.4. The molecule has 0 atom stereocenters. The average Bonchev–Trinajstić information content (AvgIpc) is 3.04. The van der Waals surface area contributed by atoms with Crippen LogP contribution in [0.2, 0.25) is 0 Å². The molecule has 10 heteroatoms. The predicted molar refractivity (Wildman–Crippen MR) is 93.5 cm³/mol. The fraction of sp³-hybridized carbons (Fsp3) is 0.357. The van der Waals surface area contributed by atoms with Crippen LogP contribution in [-0.2, 0) is 21.2 Å². The summed E-state index contributed by atoms with van der Waals surface area (Å²) in [5.41, 5.74) is 1.38. The largest absolute Gasteiger partial charge is 0.355 e. The van der Waals surface area contributed by atoms with Crippen LogP contribution in [0.3, 0.4) is 0 Å². The summed E-state index contributed by atoms with van der Waals surface area (Å²) in [5.74, 6) is 0.608. The Morgan fingerprint density at radius 3 is 2.62 bits per heavy atom. The van der Waals surface area contributed by atoms with Gasteiger partial charge in [-0.25, -0.2) is 13.4 Å². The van der Waals surface area contributed by atoms with Gasteiger partial charge in [0, 0.05) is 19.3 Å². The van der Waals surface area contributed by atoms with E-state index in [1.165, 1.54) is 29.4 Å². The number of anilines is 1. The fourth-order valence-electron chi connectivity index (χ4n) is 1.87. The number of aromatic amines is 1. The third-order valence-corrected chi connectivity index (χ3v) is 5.30. The Morgan fingerprint density at radius 1 is 1.33 bits per heavy atom. The summed E-state index contributed by atoms with van der Waals surface area (Å²) < 4.78 is 24.1. The van der Waals surface area contributed by atoms with Crippen LogP contribution < -0.4 is 9.62 Å². The molecular formula is C14H19N5O3S2. The molecule has 0 spiro atoms. The zero-order valence-corrected chi connectivity index (χ0v) is 15.0. The van der Waals surface area contributed by atoms with Crippen molar-refractivity contribution >= 4 is 33.4 Å². The van der Waals surface area contributed by atoms with Crippen molar-refractivity contribution < 1.29 is 13.2 Å². The Bertz CT molecular complexity index is 760. The maximum atomic E-state index is 11.9. The minimum atomic E-state index is -3.29. The first-order valence-electron chi connectivity index (χ1n) is 7.14. The smallest absolute Gasteiger partial charge is 0.231 e. The molecule has 2 aromatic rings. The Morgan fingerprint density at radius 2 is 2.04 bits per heavy atom. The number of carbonyl (C=O) groups is 1. The molecule has 2 N–H and O–H groups in total. The van der Waals surface area contributed by atoms with Gasteiger partial charge in [0.1, 0.15) is 6.33 Å². The highest BCUT2D eigenvalue weighted by molar-refractivity contribution is 7.99. The summed E-state index contributed by atoms with van der Waals surface area (Å²) in [6.45, 7) is 0.527. The van der Waals surface area contributed by atoms with Gasteiger partial charge in [-0.05, 0) is 17.7 Å². The maximum Gasteiger partial charge on any atom is 0.231 e. The van der Waals surface area contributed by atoms with Gasteiger partial charge < -0.3 is 5.32 Å². The molecule has 0 bridgehead atoms. The molecular weight excluding hydrogens is 350 g/mol. The summed E-state index contributed by atoms with van der Waals surface area (Å²) >= 11 is 1.48. The van der Waals surface area contributed by atoms with Crippen molar-refractivity contribution in [2.24, 2.45) is 0 Å². The van der Waals surface area contributed by atoms with E-state index in [-0.39, 0.29) is 12.3 Å². The Hall–Kier alpha value is -2.07. The molecule has 0 radical (unpaired) electrons. The molecule has 1 amide bonds. The summed E-state index contributed by atoms with van der Waals surface area (Å²) in [4.78, 5) is 15.9. The summed E-state index contributed by atoms with van der Waals surface area (Å²) in [6.07, 6.45) is 2.83. The molecule has 1 aromatic carbocycles. The van der Waals surface area contributed by atoms with Crippen molar-refractivity contribution in [3.8, 4) is 0 Å². The van der Waals surface area contributed by atoms with Crippen molar-refractivity contribution in [1.29, 1.82) is 0 Å². The number of nitrogens with zero attached hydrogens (tertiary/aromatic N) is 3. The second-order valence-corrected chi connectivity index (χ2v) is 8.16. The number of hydrogen-bond donors (Lipinski definition) is 2. The molecule has 0 saturated heterocycles. The maximum absolute atomic E-state index is 11.9. The van der Waals surface area contributed by atoms with Crippen molar-refractivity contribution in [3.63, 3.8) is 0 Å². The highest BCUT2D eigenvalue weighted by Gasteiger charge is 2.12. The van der Waals surface area contributed by atoms with Crippen LogP contribution in [0, 0.1) is 0 Å². The minimum Gasteiger partial charge on any atom is -0.355 e. The average molecular weight is 369 g/mol. The van der Waals surface area contributed by atoms with Crippen molar-refractivity contribution in [2.45, 2.75) is 11.6 Å². The molecule has 1 heterocycles. The summed E-state index contributed by atoms with van der Waals surface area (Å²) in [7, 11) is -1.80. The van der Waals surface area contributed by atoms with Crippen LogP contribution in [0.25, 0.3) is 0 Å². The lowest BCUT2D eigenvalue weighted by Gasteiger charge is -2.16. The van der Waals surface area contributed by atoms with Gasteiger partial charge in [-0.1, -0.05) is 23.9 Å². The quantitative estimate of drug-likeness (QED) is 0.522. The van der Waals surface area contributed by atoms with Gasteiger partial charge in [-0.15, -0.1) is 0 Å². The first-order chi connectivity index (χ1) is 11.4. The Balaban J connectivity index is 1.77. The number of rotatable bonds is 8. The van der Waals surface area contributed by atoms with Crippen LogP contribution >= 0.6 is 11.8 Å². The number of H-pyrrole nitrogens is 1. The lowest BCUT2D eigenvalue weighted by molar-refractivity contribution is -0.120. The van der Waals surface area contributed by atoms with Crippen LogP contribution in [-0.4, -0.2) is 55.1 Å². The first kappa shape index (κ1) is 18.3. The van der Waals surface area contributed by atoms with Crippen molar-refractivity contribution in [1.82, 2.24) is 20.5 Å². The molecule has 130 valence electrons. The number of amides is 1. The van der Waals surface area contributed by atoms with Gasteiger partial charge in [-0.3, -0.25) is 14.2 Å². The van der Waals surface area contributed by atoms with Crippen LogP contribution in [0.5, 0.6) is 0 Å². The monoisotopic (exact) mass is 369 g/mol. The van der Waals surface area contributed by atoms with E-state index in [0.717, 1.165) is 17.0 Å². The molecule has 1 aromatic heterocycles. The fourth-order valence-corrected chi connectivity index (χ4v) is 3.01. The van der Waals surface area contributed by atoms with Gasteiger partial charge in [-0.2, -0.15) is 5.10 Å². The highest BCUT2D eigenvalue weighted by Crippen LogP contribution is 2.16. The molecule has 0 unspecified atom stereocenters. The molecule has 0 aliphatic heterocycles. The number of aromatic nitrogens is 3. The highest BCUT2D eigenvalue weighted by atomic mass is 32.2. The van der Waals surface area contributed by atoms with E-state index in [0.29, 0.717) is 18.0 Å². The Labute approximate surface area is 145 Å². The number of carbonyl (C=O) groups excluding carboxylic acids is 1. The van der Waals surface area contributed by atoms with Crippen LogP contribution in [0.15, 0.2) is 35.7 Å². The van der Waals surface area contributed by atoms with Gasteiger partial charge in [0.15, 0.2) is 5.16 Å². The molecule has 0 aliphatic rings. The molecule has 0 saturated carbocycles. The van der Waals surface area contributed by atoms with Gasteiger partial charge in [0.25, 0.3) is 0 Å². The lowest BCUT2D eigenvalue weighted by Crippen LogP contribution is -2.27. The first-order valence-corrected chi connectivity index (χ1v) is 9.97. The zero-order chi connectivity index (χ0) is 17.6. The van der Waals surface area contributed by atoms with Crippen LogP contribution in [0.4, 0.5) is 5.69 Å². The van der Waals surface area contributed by atoms with E-state index < -0.39 is 10.0 Å². The predicted octanol–water partition coefficient (Wildman–Crippen LogP) is 0.652. The lowest BCUT2D eigenvalue weighted by atomic mass is 10.1. The summed E-state index contributed by atoms with van der Waals surface area (Å²) in [5, 5.41) is 10.0. The normalized spacial score (nSPS) is 11.2. The van der Waals surface area contributed by atoms with E-state index in [4.69, 9.17) is 0 Å². The number of thioether (sulfide) groups is 1. The van der Waals surface area contributed by atoms with Crippen molar-refractivity contribution in [3.05, 3.63) is 36.2 Å². The van der Waals surface area contributed by atoms with E-state index in [2.05, 4.69) is 20.5 Å². The third-order valence-electron chi connectivity index (χ3n) is 3.22. The minimum absolute atomic E-state index is 0.0858. The van der Waals surface area contributed by atoms with Gasteiger partial charge in [0.2, 0.25) is 15.9 Å². The molecule has 24 heavy (non-hydrogen) atoms. The SMILES string of the molecule is CN(c1ccc(CC(=O)NCCSc2ncn[nH]2)cc1)S(C)(=O)=O.